The molecular formula is C37H49N11O4. The maximum Gasteiger partial charge on any atom is 0.320 e. The summed E-state index contributed by atoms with van der Waals surface area (Å²) in [4.78, 5) is 26.4. The van der Waals surface area contributed by atoms with Gasteiger partial charge in [-0.15, -0.1) is 10.2 Å². The third-order valence-corrected chi connectivity index (χ3v) is 9.60. The number of likely N-dealkylation sites (N-methyl/N-ethyl adjacent to an activating group) is 1. The molecule has 0 unspecified atom stereocenters. The zero-order valence-electron chi connectivity index (χ0n) is 30.7. The lowest BCUT2D eigenvalue weighted by atomic mass is 9.85. The van der Waals surface area contributed by atoms with E-state index in [1.807, 2.05) is 61.5 Å². The summed E-state index contributed by atoms with van der Waals surface area (Å²) in [7, 11) is 6.22. The molecule has 1 aliphatic carbocycles. The van der Waals surface area contributed by atoms with E-state index in [2.05, 4.69) is 80.1 Å². The lowest BCUT2D eigenvalue weighted by molar-refractivity contribution is -0.122. The van der Waals surface area contributed by atoms with Gasteiger partial charge < -0.3 is 20.1 Å². The smallest absolute Gasteiger partial charge is 0.320 e. The molecule has 2 aliphatic rings. The molecule has 1 saturated heterocycles. The number of carboxylic acid groups (broad SMARTS) is 1. The third kappa shape index (κ3) is 8.10. The standard InChI is InChI=1S/C36H47N11O2.CH2O2/c1-36(2,3)31-20-33(47(42-31)24-21-37-45(22-24)19-18-43(4)5)39-35(48)38-28-14-15-30(27-11-8-7-10-26(27)28)49-25-13-16-32-40-41-34(46(32)23-25)29-12-9-17-44(29)6;2-1-3/h7-8,10-11,13,16,20-23,28-30H,9,12,14-15,17-19H2,1-6H3,(H2,38,39,48);1H,(H,2,3)/t28-,29-,30+;/m0./s1. The molecule has 1 aromatic carbocycles. The zero-order valence-corrected chi connectivity index (χ0v) is 30.7. The van der Waals surface area contributed by atoms with E-state index in [1.54, 1.807) is 10.9 Å². The predicted molar refractivity (Wildman–Crippen MR) is 197 cm³/mol. The molecule has 0 saturated carbocycles. The van der Waals surface area contributed by atoms with Crippen LogP contribution in [0.15, 0.2) is 61.1 Å². The molecule has 7 rings (SSSR count). The second kappa shape index (κ2) is 15.5. The van der Waals surface area contributed by atoms with E-state index < -0.39 is 0 Å². The number of hydrogen-bond donors (Lipinski definition) is 3. The molecule has 5 aromatic rings. The van der Waals surface area contributed by atoms with Gasteiger partial charge in [0.05, 0.1) is 42.9 Å². The Morgan fingerprint density at radius 1 is 1.08 bits per heavy atom. The van der Waals surface area contributed by atoms with Crippen LogP contribution in [0.1, 0.15) is 87.3 Å². The highest BCUT2D eigenvalue weighted by molar-refractivity contribution is 5.89. The number of carbonyl (C=O) groups is 2. The van der Waals surface area contributed by atoms with E-state index in [0.717, 1.165) is 85.0 Å². The van der Waals surface area contributed by atoms with Crippen molar-refractivity contribution in [1.29, 1.82) is 0 Å². The predicted octanol–water partition coefficient (Wildman–Crippen LogP) is 5.21. The number of benzene rings is 1. The van der Waals surface area contributed by atoms with Crippen LogP contribution in [-0.2, 0) is 16.8 Å². The fraction of sp³-hybridized carbons (Fsp3) is 0.459. The minimum absolute atomic E-state index is 0.149. The molecule has 3 atom stereocenters. The highest BCUT2D eigenvalue weighted by atomic mass is 16.5. The van der Waals surface area contributed by atoms with E-state index in [4.69, 9.17) is 19.7 Å². The lowest BCUT2D eigenvalue weighted by Crippen LogP contribution is -2.36. The van der Waals surface area contributed by atoms with Gasteiger partial charge in [-0.1, -0.05) is 45.0 Å². The Kier molecular flexibility index (Phi) is 10.9. The first-order chi connectivity index (χ1) is 24.9. The van der Waals surface area contributed by atoms with E-state index >= 15 is 0 Å². The van der Waals surface area contributed by atoms with Gasteiger partial charge in [0.25, 0.3) is 6.47 Å². The van der Waals surface area contributed by atoms with Gasteiger partial charge in [-0.2, -0.15) is 10.2 Å². The Bertz CT molecular complexity index is 1990. The molecule has 0 radical (unpaired) electrons. The van der Waals surface area contributed by atoms with Gasteiger partial charge in [0.2, 0.25) is 0 Å². The molecule has 15 nitrogen and oxygen atoms in total. The number of fused-ring (bicyclic) bond motifs is 2. The Morgan fingerprint density at radius 2 is 1.85 bits per heavy atom. The van der Waals surface area contributed by atoms with E-state index in [-0.39, 0.29) is 36.1 Å². The van der Waals surface area contributed by atoms with Crippen molar-refractivity contribution < 1.29 is 19.4 Å². The monoisotopic (exact) mass is 711 g/mol. The highest BCUT2D eigenvalue weighted by Crippen LogP contribution is 2.39. The number of nitrogens with one attached hydrogen (secondary N) is 2. The van der Waals surface area contributed by atoms with Crippen molar-refractivity contribution >= 4 is 24.0 Å². The molecule has 52 heavy (non-hydrogen) atoms. The quantitative estimate of drug-likeness (QED) is 0.173. The Hall–Kier alpha value is -5.28. The van der Waals surface area contributed by atoms with Crippen LogP contribution in [0.2, 0.25) is 0 Å². The summed E-state index contributed by atoms with van der Waals surface area (Å²) >= 11 is 0. The normalized spacial score (nSPS) is 18.9. The molecular weight excluding hydrogens is 662 g/mol. The van der Waals surface area contributed by atoms with Crippen molar-refractivity contribution in [3.05, 3.63) is 83.7 Å². The maximum absolute atomic E-state index is 13.6. The first-order valence-corrected chi connectivity index (χ1v) is 17.7. The number of nitrogens with zero attached hydrogens (tertiary/aromatic N) is 9. The van der Waals surface area contributed by atoms with Gasteiger partial charge in [-0.05, 0) is 76.6 Å². The SMILES string of the molecule is CN(C)CCn1cc(-n2nc(C(C)(C)C)cc2NC(=O)N[C@H]2CC[C@@H](Oc3ccc4nnc([C@@H]5CCCN5C)n4c3)c3ccccc32)cn1.O=CO. The molecule has 1 fully saturated rings. The van der Waals surface area contributed by atoms with Crippen LogP contribution in [0, 0.1) is 0 Å². The molecule has 5 heterocycles. The second-order valence-corrected chi connectivity index (χ2v) is 14.7. The van der Waals surface area contributed by atoms with Crippen LogP contribution < -0.4 is 15.4 Å². The van der Waals surface area contributed by atoms with Gasteiger partial charge in [0, 0.05) is 18.0 Å². The van der Waals surface area contributed by atoms with E-state index in [0.29, 0.717) is 5.82 Å². The van der Waals surface area contributed by atoms with Crippen molar-refractivity contribution in [1.82, 2.24) is 49.3 Å². The summed E-state index contributed by atoms with van der Waals surface area (Å²) in [6, 6.07) is 13.9. The zero-order chi connectivity index (χ0) is 37.0. The van der Waals surface area contributed by atoms with Crippen LogP contribution in [0.5, 0.6) is 5.75 Å². The molecule has 1 aliphatic heterocycles. The summed E-state index contributed by atoms with van der Waals surface area (Å²) in [5.41, 5.74) is 4.40. The molecule has 276 valence electrons. The van der Waals surface area contributed by atoms with Crippen LogP contribution >= 0.6 is 0 Å². The summed E-state index contributed by atoms with van der Waals surface area (Å²) < 4.78 is 12.4. The summed E-state index contributed by atoms with van der Waals surface area (Å²) in [6.07, 6.45) is 9.31. The van der Waals surface area contributed by atoms with Crippen LogP contribution in [-0.4, -0.2) is 95.8 Å². The van der Waals surface area contributed by atoms with E-state index in [1.165, 1.54) is 0 Å². The van der Waals surface area contributed by atoms with Gasteiger partial charge in [-0.3, -0.25) is 24.1 Å². The number of aromatic nitrogens is 7. The Labute approximate surface area is 303 Å². The van der Waals surface area contributed by atoms with Gasteiger partial charge in [-0.25, -0.2) is 9.48 Å². The van der Waals surface area contributed by atoms with Crippen molar-refractivity contribution in [2.24, 2.45) is 0 Å². The third-order valence-electron chi connectivity index (χ3n) is 9.60. The average Bonchev–Trinajstić information content (AvgIpc) is 3.92. The molecule has 0 spiro atoms. The van der Waals surface area contributed by atoms with Crippen LogP contribution in [0.25, 0.3) is 11.3 Å². The van der Waals surface area contributed by atoms with Gasteiger partial charge in [0.1, 0.15) is 23.4 Å². The average molecular weight is 712 g/mol. The second-order valence-electron chi connectivity index (χ2n) is 14.7. The first kappa shape index (κ1) is 36.5. The van der Waals surface area contributed by atoms with Crippen LogP contribution in [0.3, 0.4) is 0 Å². The maximum atomic E-state index is 13.6. The number of ether oxygens (including phenoxy) is 1. The summed E-state index contributed by atoms with van der Waals surface area (Å²) in [5, 5.41) is 31.6. The summed E-state index contributed by atoms with van der Waals surface area (Å²) in [6.45, 7) is 8.76. The largest absolute Gasteiger partial charge is 0.484 e. The number of carbonyl (C=O) groups excluding carboxylic acids is 1. The number of pyridine rings is 1. The topological polar surface area (TPSA) is 160 Å². The van der Waals surface area contributed by atoms with Gasteiger partial charge >= 0.3 is 6.03 Å². The van der Waals surface area contributed by atoms with Crippen LogP contribution in [0.4, 0.5) is 10.6 Å². The fourth-order valence-corrected chi connectivity index (χ4v) is 6.84. The minimum atomic E-state index is -0.289. The van der Waals surface area contributed by atoms with Crippen molar-refractivity contribution in [3.63, 3.8) is 0 Å². The molecule has 15 heteroatoms. The number of hydrogen-bond acceptors (Lipinski definition) is 9. The van der Waals surface area contributed by atoms with Gasteiger partial charge in [0.15, 0.2) is 11.5 Å². The number of amides is 2. The number of anilines is 1. The van der Waals surface area contributed by atoms with Crippen molar-refractivity contribution in [3.8, 4) is 11.4 Å². The van der Waals surface area contributed by atoms with Crippen molar-refractivity contribution in [2.45, 2.75) is 76.6 Å². The minimum Gasteiger partial charge on any atom is -0.484 e. The molecule has 2 amide bonds. The van der Waals surface area contributed by atoms with Crippen molar-refractivity contribution in [2.75, 3.05) is 39.5 Å². The summed E-state index contributed by atoms with van der Waals surface area (Å²) in [5.74, 6) is 2.31. The fourth-order valence-electron chi connectivity index (χ4n) is 6.84. The Morgan fingerprint density at radius 3 is 2.56 bits per heavy atom. The molecule has 0 bridgehead atoms. The lowest BCUT2D eigenvalue weighted by Gasteiger charge is -2.32. The first-order valence-electron chi connectivity index (χ1n) is 17.7. The molecule has 3 N–H and O–H groups in total. The molecule has 4 aromatic heterocycles. The highest BCUT2D eigenvalue weighted by Gasteiger charge is 2.31. The number of likely N-dealkylation sites (tertiary alicyclic amines) is 1. The van der Waals surface area contributed by atoms with E-state index in [9.17, 15) is 4.79 Å². The number of rotatable bonds is 9. The number of urea groups is 1. The Balaban J connectivity index is 0.00000150.